The van der Waals surface area contributed by atoms with Crippen LogP contribution in [0.1, 0.15) is 25.3 Å². The van der Waals surface area contributed by atoms with E-state index in [1.54, 1.807) is 0 Å². The van der Waals surface area contributed by atoms with Crippen LogP contribution in [0.3, 0.4) is 0 Å². The molecule has 1 nitrogen and oxygen atoms in total. The summed E-state index contributed by atoms with van der Waals surface area (Å²) < 4.78 is 0. The Labute approximate surface area is 107 Å². The lowest BCUT2D eigenvalue weighted by Gasteiger charge is -2.27. The van der Waals surface area contributed by atoms with E-state index in [9.17, 15) is 5.11 Å². The molecule has 0 heterocycles. The highest BCUT2D eigenvalue weighted by molar-refractivity contribution is 6.76. The van der Waals surface area contributed by atoms with Gasteiger partial charge < -0.3 is 5.11 Å². The van der Waals surface area contributed by atoms with Gasteiger partial charge in [0.2, 0.25) is 0 Å². The highest BCUT2D eigenvalue weighted by Gasteiger charge is 2.23. The fourth-order valence-corrected chi connectivity index (χ4v) is 3.12. The van der Waals surface area contributed by atoms with Gasteiger partial charge >= 0.3 is 0 Å². The normalized spacial score (nSPS) is 15.6. The summed E-state index contributed by atoms with van der Waals surface area (Å²) in [6.45, 7) is 9.07. The molecule has 0 aliphatic rings. The molecule has 96 valence electrons. The predicted molar refractivity (Wildman–Crippen MR) is 78.2 cm³/mol. The molecule has 1 atom stereocenters. The van der Waals surface area contributed by atoms with Crippen LogP contribution in [0.25, 0.3) is 0 Å². The molecule has 1 unspecified atom stereocenters. The molecule has 1 N–H and O–H groups in total. The molecule has 0 saturated heterocycles. The molecule has 0 fully saturated rings. The van der Waals surface area contributed by atoms with Crippen molar-refractivity contribution in [1.82, 2.24) is 0 Å². The molecule has 0 aliphatic heterocycles. The van der Waals surface area contributed by atoms with Crippen LogP contribution < -0.4 is 0 Å². The maximum absolute atomic E-state index is 10.4. The Morgan fingerprint density at radius 3 is 2.18 bits per heavy atom. The maximum Gasteiger partial charge on any atom is 0.0620 e. The lowest BCUT2D eigenvalue weighted by atomic mass is 9.94. The van der Waals surface area contributed by atoms with E-state index >= 15 is 0 Å². The first-order chi connectivity index (χ1) is 7.79. The Bertz CT molecular complexity index is 325. The molecule has 1 aromatic carbocycles. The first-order valence-electron chi connectivity index (χ1n) is 6.55. The number of hydrogen-bond donors (Lipinski definition) is 1. The fourth-order valence-electron chi connectivity index (χ4n) is 1.83. The third kappa shape index (κ3) is 6.64. The third-order valence-electron chi connectivity index (χ3n) is 3.21. The molecule has 0 spiro atoms. The first kappa shape index (κ1) is 14.5. The SMILES string of the molecule is CC(O)(CCc1ccccc1)CC[Si](C)(C)C. The minimum absolute atomic E-state index is 0.504. The highest BCUT2D eigenvalue weighted by atomic mass is 28.3. The van der Waals surface area contributed by atoms with E-state index in [0.717, 1.165) is 19.3 Å². The summed E-state index contributed by atoms with van der Waals surface area (Å²) in [5, 5.41) is 10.4. The first-order valence-corrected chi connectivity index (χ1v) is 10.3. The zero-order chi connectivity index (χ0) is 12.9. The van der Waals surface area contributed by atoms with Gasteiger partial charge in [0.25, 0.3) is 0 Å². The van der Waals surface area contributed by atoms with Crippen LogP contribution in [-0.2, 0) is 6.42 Å². The van der Waals surface area contributed by atoms with Crippen molar-refractivity contribution in [2.45, 2.75) is 57.5 Å². The molecule has 1 aromatic rings. The second-order valence-electron chi connectivity index (χ2n) is 6.54. The van der Waals surface area contributed by atoms with Crippen molar-refractivity contribution < 1.29 is 5.11 Å². The standard InChI is InChI=1S/C15H26OSi/c1-15(16,12-13-17(2,3)4)11-10-14-8-6-5-7-9-14/h5-9,16H,10-13H2,1-4H3. The van der Waals surface area contributed by atoms with Crippen molar-refractivity contribution in [1.29, 1.82) is 0 Å². The Balaban J connectivity index is 2.39. The van der Waals surface area contributed by atoms with Gasteiger partial charge in [0.05, 0.1) is 5.60 Å². The van der Waals surface area contributed by atoms with Gasteiger partial charge in [-0.3, -0.25) is 0 Å². The molecule has 2 heteroatoms. The number of hydrogen-bond acceptors (Lipinski definition) is 1. The van der Waals surface area contributed by atoms with E-state index in [4.69, 9.17) is 0 Å². The second-order valence-corrected chi connectivity index (χ2v) is 12.2. The summed E-state index contributed by atoms with van der Waals surface area (Å²) in [7, 11) is -1.04. The molecular weight excluding hydrogens is 224 g/mol. The van der Waals surface area contributed by atoms with Gasteiger partial charge in [-0.2, -0.15) is 0 Å². The lowest BCUT2D eigenvalue weighted by molar-refractivity contribution is 0.0470. The summed E-state index contributed by atoms with van der Waals surface area (Å²) in [6.07, 6.45) is 2.77. The van der Waals surface area contributed by atoms with Crippen molar-refractivity contribution >= 4 is 8.07 Å². The lowest BCUT2D eigenvalue weighted by Crippen LogP contribution is -2.30. The van der Waals surface area contributed by atoms with Crippen molar-refractivity contribution in [3.05, 3.63) is 35.9 Å². The summed E-state index contributed by atoms with van der Waals surface area (Å²) in [5.74, 6) is 0. The van der Waals surface area contributed by atoms with Crippen LogP contribution in [-0.4, -0.2) is 18.8 Å². The number of benzene rings is 1. The Morgan fingerprint density at radius 2 is 1.65 bits per heavy atom. The van der Waals surface area contributed by atoms with Crippen LogP contribution >= 0.6 is 0 Å². The molecule has 1 rings (SSSR count). The van der Waals surface area contributed by atoms with Crippen molar-refractivity contribution in [2.24, 2.45) is 0 Å². The summed E-state index contributed by atoms with van der Waals surface area (Å²) in [5.41, 5.74) is 0.816. The molecule has 0 saturated carbocycles. The molecular formula is C15H26OSi. The van der Waals surface area contributed by atoms with Gasteiger partial charge in [0.1, 0.15) is 0 Å². The fraction of sp³-hybridized carbons (Fsp3) is 0.600. The number of aryl methyl sites for hydroxylation is 1. The largest absolute Gasteiger partial charge is 0.390 e. The Hall–Kier alpha value is -0.603. The minimum atomic E-state index is -1.04. The minimum Gasteiger partial charge on any atom is -0.390 e. The van der Waals surface area contributed by atoms with E-state index in [1.807, 2.05) is 13.0 Å². The zero-order valence-corrected chi connectivity index (χ0v) is 12.7. The maximum atomic E-state index is 10.4. The van der Waals surface area contributed by atoms with E-state index in [2.05, 4.69) is 43.9 Å². The molecule has 17 heavy (non-hydrogen) atoms. The van der Waals surface area contributed by atoms with Gasteiger partial charge in [0, 0.05) is 8.07 Å². The topological polar surface area (TPSA) is 20.2 Å². The summed E-state index contributed by atoms with van der Waals surface area (Å²) in [4.78, 5) is 0. The molecule has 0 bridgehead atoms. The van der Waals surface area contributed by atoms with Crippen LogP contribution in [0, 0.1) is 0 Å². The van der Waals surface area contributed by atoms with Crippen LogP contribution in [0.15, 0.2) is 30.3 Å². The average molecular weight is 250 g/mol. The monoisotopic (exact) mass is 250 g/mol. The second kappa shape index (κ2) is 5.83. The van der Waals surface area contributed by atoms with Gasteiger partial charge in [-0.1, -0.05) is 56.0 Å². The molecule has 0 radical (unpaired) electrons. The number of aliphatic hydroxyl groups is 1. The van der Waals surface area contributed by atoms with Gasteiger partial charge in [-0.15, -0.1) is 0 Å². The highest BCUT2D eigenvalue weighted by Crippen LogP contribution is 2.24. The van der Waals surface area contributed by atoms with Gasteiger partial charge in [0.15, 0.2) is 0 Å². The van der Waals surface area contributed by atoms with Gasteiger partial charge in [-0.25, -0.2) is 0 Å². The van der Waals surface area contributed by atoms with E-state index in [-0.39, 0.29) is 0 Å². The Morgan fingerprint density at radius 1 is 1.06 bits per heavy atom. The van der Waals surface area contributed by atoms with Crippen LogP contribution in [0.5, 0.6) is 0 Å². The van der Waals surface area contributed by atoms with Crippen LogP contribution in [0.2, 0.25) is 25.7 Å². The number of rotatable bonds is 6. The zero-order valence-electron chi connectivity index (χ0n) is 11.7. The van der Waals surface area contributed by atoms with Crippen molar-refractivity contribution in [3.8, 4) is 0 Å². The molecule has 0 amide bonds. The summed E-state index contributed by atoms with van der Waals surface area (Å²) in [6, 6.07) is 11.6. The predicted octanol–water partition coefficient (Wildman–Crippen LogP) is 4.10. The quantitative estimate of drug-likeness (QED) is 0.754. The Kier molecular flexibility index (Phi) is 4.96. The van der Waals surface area contributed by atoms with Crippen molar-refractivity contribution in [2.75, 3.05) is 0 Å². The van der Waals surface area contributed by atoms with E-state index in [0.29, 0.717) is 0 Å². The average Bonchev–Trinajstić information content (AvgIpc) is 2.25. The van der Waals surface area contributed by atoms with E-state index in [1.165, 1.54) is 11.6 Å². The molecule has 0 aromatic heterocycles. The molecule has 0 aliphatic carbocycles. The third-order valence-corrected chi connectivity index (χ3v) is 4.96. The smallest absolute Gasteiger partial charge is 0.0620 e. The summed E-state index contributed by atoms with van der Waals surface area (Å²) >= 11 is 0. The van der Waals surface area contributed by atoms with E-state index < -0.39 is 13.7 Å². The van der Waals surface area contributed by atoms with Crippen molar-refractivity contribution in [3.63, 3.8) is 0 Å². The van der Waals surface area contributed by atoms with Crippen LogP contribution in [0.4, 0.5) is 0 Å². The van der Waals surface area contributed by atoms with Gasteiger partial charge in [-0.05, 0) is 31.7 Å².